The smallest absolute Gasteiger partial charge is 0.322 e. The molecule has 2 rings (SSSR count). The van der Waals surface area contributed by atoms with E-state index in [1.165, 1.54) is 0 Å². The molecule has 18 heavy (non-hydrogen) atoms. The van der Waals surface area contributed by atoms with Crippen LogP contribution in [-0.2, 0) is 6.61 Å². The molecule has 0 amide bonds. The first-order chi connectivity index (χ1) is 8.72. The number of hydrogen-bond acceptors (Lipinski definition) is 5. The first-order valence-corrected chi connectivity index (χ1v) is 5.48. The molecule has 0 aliphatic rings. The lowest BCUT2D eigenvalue weighted by Crippen LogP contribution is -1.96. The number of aromatic nitrogens is 2. The minimum atomic E-state index is -0.0441. The van der Waals surface area contributed by atoms with E-state index in [0.717, 1.165) is 11.3 Å². The number of ether oxygens (including phenoxy) is 2. The molecule has 5 nitrogen and oxygen atoms in total. The van der Waals surface area contributed by atoms with Crippen molar-refractivity contribution < 1.29 is 14.6 Å². The van der Waals surface area contributed by atoms with Crippen LogP contribution >= 0.6 is 0 Å². The summed E-state index contributed by atoms with van der Waals surface area (Å²) < 4.78 is 10.8. The lowest BCUT2D eigenvalue weighted by atomic mass is 10.2. The molecule has 0 saturated carbocycles. The monoisotopic (exact) mass is 246 g/mol. The molecule has 1 heterocycles. The second-order valence-corrected chi connectivity index (χ2v) is 3.73. The van der Waals surface area contributed by atoms with Gasteiger partial charge in [-0.3, -0.25) is 0 Å². The molecule has 5 heteroatoms. The number of benzene rings is 1. The minimum absolute atomic E-state index is 0.0441. The molecule has 0 unspecified atom stereocenters. The Kier molecular flexibility index (Phi) is 3.74. The fourth-order valence-electron chi connectivity index (χ4n) is 1.47. The van der Waals surface area contributed by atoms with Crippen molar-refractivity contribution in [3.05, 3.63) is 41.7 Å². The molecular weight excluding hydrogens is 232 g/mol. The van der Waals surface area contributed by atoms with Crippen LogP contribution in [-0.4, -0.2) is 22.2 Å². The van der Waals surface area contributed by atoms with Crippen LogP contribution in [0, 0.1) is 6.92 Å². The fraction of sp³-hybridized carbons (Fsp3) is 0.231. The summed E-state index contributed by atoms with van der Waals surface area (Å²) in [4.78, 5) is 8.16. The Balaban J connectivity index is 2.28. The van der Waals surface area contributed by atoms with E-state index in [1.54, 1.807) is 37.6 Å². The molecule has 0 aliphatic heterocycles. The lowest BCUT2D eigenvalue weighted by molar-refractivity contribution is 0.280. The first-order valence-electron chi connectivity index (χ1n) is 5.48. The van der Waals surface area contributed by atoms with Gasteiger partial charge in [0.05, 0.1) is 13.7 Å². The lowest BCUT2D eigenvalue weighted by Gasteiger charge is -2.10. The average Bonchev–Trinajstić information content (AvgIpc) is 2.39. The predicted molar refractivity (Wildman–Crippen MR) is 65.8 cm³/mol. The molecular formula is C13H14N2O3. The van der Waals surface area contributed by atoms with E-state index in [4.69, 9.17) is 14.6 Å². The van der Waals surface area contributed by atoms with Crippen LogP contribution in [0.3, 0.4) is 0 Å². The van der Waals surface area contributed by atoms with Gasteiger partial charge in [-0.2, -0.15) is 0 Å². The van der Waals surface area contributed by atoms with Crippen LogP contribution in [0.4, 0.5) is 0 Å². The Bertz CT molecular complexity index is 544. The van der Waals surface area contributed by atoms with Gasteiger partial charge in [-0.15, -0.1) is 0 Å². The number of aliphatic hydroxyl groups is 1. The van der Waals surface area contributed by atoms with E-state index in [1.807, 2.05) is 6.92 Å². The fourth-order valence-corrected chi connectivity index (χ4v) is 1.47. The van der Waals surface area contributed by atoms with Gasteiger partial charge in [0.2, 0.25) is 0 Å². The average molecular weight is 246 g/mol. The number of aliphatic hydroxyl groups excluding tert-OH is 1. The molecule has 0 saturated heterocycles. The van der Waals surface area contributed by atoms with Crippen molar-refractivity contribution in [2.24, 2.45) is 0 Å². The van der Waals surface area contributed by atoms with Crippen LogP contribution in [0.5, 0.6) is 17.5 Å². The Morgan fingerprint density at radius 3 is 2.72 bits per heavy atom. The van der Waals surface area contributed by atoms with E-state index in [-0.39, 0.29) is 12.6 Å². The van der Waals surface area contributed by atoms with Crippen molar-refractivity contribution in [3.63, 3.8) is 0 Å². The van der Waals surface area contributed by atoms with Gasteiger partial charge in [-0.25, -0.2) is 9.97 Å². The van der Waals surface area contributed by atoms with Crippen molar-refractivity contribution in [2.45, 2.75) is 13.5 Å². The Labute approximate surface area is 105 Å². The maximum Gasteiger partial charge on any atom is 0.322 e. The highest BCUT2D eigenvalue weighted by Gasteiger charge is 2.08. The molecule has 1 aromatic heterocycles. The van der Waals surface area contributed by atoms with Gasteiger partial charge >= 0.3 is 6.01 Å². The molecule has 0 radical (unpaired) electrons. The molecule has 1 aromatic carbocycles. The van der Waals surface area contributed by atoms with E-state index >= 15 is 0 Å². The quantitative estimate of drug-likeness (QED) is 0.894. The van der Waals surface area contributed by atoms with Crippen LogP contribution in [0.15, 0.2) is 30.5 Å². The second kappa shape index (κ2) is 5.46. The molecule has 1 N–H and O–H groups in total. The maximum atomic E-state index is 9.05. The van der Waals surface area contributed by atoms with Crippen molar-refractivity contribution >= 4 is 0 Å². The van der Waals surface area contributed by atoms with Gasteiger partial charge in [-0.1, -0.05) is 6.07 Å². The van der Waals surface area contributed by atoms with Gasteiger partial charge in [0.15, 0.2) is 11.5 Å². The molecule has 2 aromatic rings. The Hall–Kier alpha value is -2.14. The summed E-state index contributed by atoms with van der Waals surface area (Å²) in [5, 5.41) is 9.05. The number of nitrogens with zero attached hydrogens (tertiary/aromatic N) is 2. The normalized spacial score (nSPS) is 10.2. The Morgan fingerprint density at radius 1 is 1.22 bits per heavy atom. The van der Waals surface area contributed by atoms with Crippen LogP contribution < -0.4 is 9.47 Å². The molecule has 94 valence electrons. The molecule has 0 bridgehead atoms. The summed E-state index contributed by atoms with van der Waals surface area (Å²) in [7, 11) is 1.54. The number of methoxy groups -OCH3 is 1. The minimum Gasteiger partial charge on any atom is -0.493 e. The molecule has 0 fully saturated rings. The van der Waals surface area contributed by atoms with E-state index in [2.05, 4.69) is 9.97 Å². The van der Waals surface area contributed by atoms with Crippen LogP contribution in [0.2, 0.25) is 0 Å². The summed E-state index contributed by atoms with van der Waals surface area (Å²) >= 11 is 0. The number of rotatable bonds is 4. The summed E-state index contributed by atoms with van der Waals surface area (Å²) in [5.74, 6) is 1.05. The van der Waals surface area contributed by atoms with Gasteiger partial charge in [0.1, 0.15) is 0 Å². The third-order valence-electron chi connectivity index (χ3n) is 2.38. The zero-order valence-corrected chi connectivity index (χ0v) is 10.3. The van der Waals surface area contributed by atoms with Crippen LogP contribution in [0.1, 0.15) is 11.3 Å². The van der Waals surface area contributed by atoms with E-state index in [9.17, 15) is 0 Å². The molecule has 0 spiro atoms. The van der Waals surface area contributed by atoms with Gasteiger partial charge in [-0.05, 0) is 30.7 Å². The zero-order chi connectivity index (χ0) is 13.0. The van der Waals surface area contributed by atoms with Crippen molar-refractivity contribution in [3.8, 4) is 17.5 Å². The zero-order valence-electron chi connectivity index (χ0n) is 10.3. The molecule has 0 atom stereocenters. The highest BCUT2D eigenvalue weighted by Crippen LogP contribution is 2.30. The van der Waals surface area contributed by atoms with E-state index in [0.29, 0.717) is 11.5 Å². The Morgan fingerprint density at radius 2 is 2.06 bits per heavy atom. The second-order valence-electron chi connectivity index (χ2n) is 3.73. The van der Waals surface area contributed by atoms with Crippen molar-refractivity contribution in [1.29, 1.82) is 0 Å². The van der Waals surface area contributed by atoms with Gasteiger partial charge in [0, 0.05) is 11.9 Å². The third kappa shape index (κ3) is 2.75. The highest BCUT2D eigenvalue weighted by molar-refractivity contribution is 5.44. The summed E-state index contributed by atoms with van der Waals surface area (Å²) in [5.41, 5.74) is 1.58. The van der Waals surface area contributed by atoms with Crippen molar-refractivity contribution in [1.82, 2.24) is 9.97 Å². The predicted octanol–water partition coefficient (Wildman–Crippen LogP) is 2.08. The van der Waals surface area contributed by atoms with E-state index < -0.39 is 0 Å². The van der Waals surface area contributed by atoms with Crippen molar-refractivity contribution in [2.75, 3.05) is 7.11 Å². The van der Waals surface area contributed by atoms with Gasteiger partial charge in [0.25, 0.3) is 0 Å². The maximum absolute atomic E-state index is 9.05. The summed E-state index contributed by atoms with van der Waals surface area (Å²) in [6.45, 7) is 1.82. The first kappa shape index (κ1) is 12.3. The molecule has 0 aliphatic carbocycles. The topological polar surface area (TPSA) is 64.5 Å². The largest absolute Gasteiger partial charge is 0.493 e. The summed E-state index contributed by atoms with van der Waals surface area (Å²) in [6.07, 6.45) is 1.63. The number of aryl methyl sites for hydroxylation is 1. The third-order valence-corrected chi connectivity index (χ3v) is 2.38. The number of hydrogen-bond donors (Lipinski definition) is 1. The standard InChI is InChI=1S/C13H14N2O3/c1-9-5-6-14-13(15-9)18-11-4-3-10(8-16)7-12(11)17-2/h3-7,16H,8H2,1-2H3. The van der Waals surface area contributed by atoms with Gasteiger partial charge < -0.3 is 14.6 Å². The highest BCUT2D eigenvalue weighted by atomic mass is 16.5. The van der Waals surface area contributed by atoms with Crippen LogP contribution in [0.25, 0.3) is 0 Å². The SMILES string of the molecule is COc1cc(CO)ccc1Oc1nccc(C)n1. The summed E-state index contributed by atoms with van der Waals surface area (Å²) in [6, 6.07) is 7.25.